The number of ether oxygens (including phenoxy) is 3. The second kappa shape index (κ2) is 8.30. The van der Waals surface area contributed by atoms with Crippen molar-refractivity contribution in [2.24, 2.45) is 5.92 Å². The van der Waals surface area contributed by atoms with Gasteiger partial charge in [0.15, 0.2) is 0 Å². The smallest absolute Gasteiger partial charge is 0.278 e. The quantitative estimate of drug-likeness (QED) is 0.722. The van der Waals surface area contributed by atoms with Crippen LogP contribution in [0.3, 0.4) is 0 Å². The third-order valence-electron chi connectivity index (χ3n) is 5.70. The second-order valence-electron chi connectivity index (χ2n) is 7.47. The van der Waals surface area contributed by atoms with Crippen LogP contribution < -0.4 is 9.47 Å². The molecule has 2 amide bonds. The molecule has 0 aliphatic carbocycles. The Bertz CT molecular complexity index is 724. The van der Waals surface area contributed by atoms with Crippen LogP contribution in [0.15, 0.2) is 12.4 Å². The van der Waals surface area contributed by atoms with E-state index in [-0.39, 0.29) is 29.9 Å². The van der Waals surface area contributed by atoms with Gasteiger partial charge in [0, 0.05) is 57.6 Å². The maximum Gasteiger partial charge on any atom is 0.278 e. The maximum absolute atomic E-state index is 13.0. The Balaban J connectivity index is 1.33. The fourth-order valence-corrected chi connectivity index (χ4v) is 4.22. The molecule has 0 bridgehead atoms. The lowest BCUT2D eigenvalue weighted by molar-refractivity contribution is -0.135. The van der Waals surface area contributed by atoms with E-state index in [1.807, 2.05) is 4.90 Å². The van der Waals surface area contributed by atoms with Gasteiger partial charge >= 0.3 is 0 Å². The average Bonchev–Trinajstić information content (AvgIpc) is 3.35. The highest BCUT2D eigenvalue weighted by molar-refractivity contribution is 5.89. The number of carbonyl (C=O) groups is 2. The molecule has 3 fully saturated rings. The summed E-state index contributed by atoms with van der Waals surface area (Å²) in [7, 11) is 1.52. The molecule has 0 radical (unpaired) electrons. The molecule has 9 nitrogen and oxygen atoms in total. The summed E-state index contributed by atoms with van der Waals surface area (Å²) < 4.78 is 16.4. The molecule has 0 saturated carbocycles. The Morgan fingerprint density at radius 3 is 2.64 bits per heavy atom. The fraction of sp³-hybridized carbons (Fsp3) is 0.684. The highest BCUT2D eigenvalue weighted by Gasteiger charge is 2.41. The Labute approximate surface area is 164 Å². The van der Waals surface area contributed by atoms with Gasteiger partial charge in [-0.05, 0) is 12.8 Å². The molecule has 3 aliphatic rings. The SMILES string of the molecule is COc1nccnc1O[C@@H]1CCN(C(=O)[C@@H]2CC(=O)N(C3CCOCC3)C2)C1. The van der Waals surface area contributed by atoms with E-state index in [1.54, 1.807) is 11.1 Å². The Hall–Kier alpha value is -2.42. The summed E-state index contributed by atoms with van der Waals surface area (Å²) in [4.78, 5) is 37.3. The lowest BCUT2D eigenvalue weighted by atomic mass is 10.1. The predicted molar refractivity (Wildman–Crippen MR) is 97.9 cm³/mol. The summed E-state index contributed by atoms with van der Waals surface area (Å²) in [6.45, 7) is 2.99. The topological polar surface area (TPSA) is 94.1 Å². The van der Waals surface area contributed by atoms with Crippen molar-refractivity contribution < 1.29 is 23.8 Å². The summed E-state index contributed by atoms with van der Waals surface area (Å²) >= 11 is 0. The lowest BCUT2D eigenvalue weighted by Crippen LogP contribution is -2.42. The van der Waals surface area contributed by atoms with Crippen LogP contribution in [0.4, 0.5) is 0 Å². The van der Waals surface area contributed by atoms with Crippen LogP contribution in [0.2, 0.25) is 0 Å². The van der Waals surface area contributed by atoms with Crippen LogP contribution in [0.25, 0.3) is 0 Å². The van der Waals surface area contributed by atoms with Gasteiger partial charge in [-0.3, -0.25) is 9.59 Å². The Morgan fingerprint density at radius 1 is 1.14 bits per heavy atom. The molecule has 4 heterocycles. The number of carbonyl (C=O) groups excluding carboxylic acids is 2. The van der Waals surface area contributed by atoms with E-state index in [2.05, 4.69) is 9.97 Å². The number of nitrogens with zero attached hydrogens (tertiary/aromatic N) is 4. The van der Waals surface area contributed by atoms with Gasteiger partial charge < -0.3 is 24.0 Å². The van der Waals surface area contributed by atoms with Crippen LogP contribution in [0, 0.1) is 5.92 Å². The molecule has 4 rings (SSSR count). The lowest BCUT2D eigenvalue weighted by Gasteiger charge is -2.31. The van der Waals surface area contributed by atoms with Crippen molar-refractivity contribution in [3.63, 3.8) is 0 Å². The van der Waals surface area contributed by atoms with Gasteiger partial charge in [-0.15, -0.1) is 0 Å². The van der Waals surface area contributed by atoms with Gasteiger partial charge in [-0.1, -0.05) is 0 Å². The summed E-state index contributed by atoms with van der Waals surface area (Å²) in [5, 5.41) is 0. The van der Waals surface area contributed by atoms with E-state index in [0.717, 1.165) is 19.3 Å². The van der Waals surface area contributed by atoms with Crippen molar-refractivity contribution in [3.05, 3.63) is 12.4 Å². The molecule has 2 atom stereocenters. The second-order valence-corrected chi connectivity index (χ2v) is 7.47. The third-order valence-corrected chi connectivity index (χ3v) is 5.70. The van der Waals surface area contributed by atoms with Crippen LogP contribution >= 0.6 is 0 Å². The normalized spacial score (nSPS) is 26.0. The Kier molecular flexibility index (Phi) is 5.61. The zero-order chi connectivity index (χ0) is 19.5. The van der Waals surface area contributed by atoms with E-state index < -0.39 is 0 Å². The molecule has 1 aromatic rings. The van der Waals surface area contributed by atoms with Crippen molar-refractivity contribution in [2.45, 2.75) is 37.8 Å². The minimum atomic E-state index is -0.264. The van der Waals surface area contributed by atoms with Gasteiger partial charge in [-0.2, -0.15) is 0 Å². The first-order valence-corrected chi connectivity index (χ1v) is 9.83. The number of hydrogen-bond donors (Lipinski definition) is 0. The van der Waals surface area contributed by atoms with Crippen molar-refractivity contribution in [1.82, 2.24) is 19.8 Å². The molecular weight excluding hydrogens is 364 g/mol. The predicted octanol–water partition coefficient (Wildman–Crippen LogP) is 0.492. The molecule has 3 saturated heterocycles. The van der Waals surface area contributed by atoms with E-state index in [1.165, 1.54) is 13.3 Å². The highest BCUT2D eigenvalue weighted by Crippen LogP contribution is 2.28. The summed E-state index contributed by atoms with van der Waals surface area (Å²) in [5.41, 5.74) is 0. The largest absolute Gasteiger partial charge is 0.477 e. The highest BCUT2D eigenvalue weighted by atomic mass is 16.5. The number of hydrogen-bond acceptors (Lipinski definition) is 7. The summed E-state index contributed by atoms with van der Waals surface area (Å²) in [6, 6.07) is 0.206. The Morgan fingerprint density at radius 2 is 1.89 bits per heavy atom. The molecule has 0 unspecified atom stereocenters. The third kappa shape index (κ3) is 3.89. The first kappa shape index (κ1) is 18.9. The summed E-state index contributed by atoms with van der Waals surface area (Å²) in [6.07, 6.45) is 5.66. The molecule has 0 N–H and O–H groups in total. The molecule has 152 valence electrons. The van der Waals surface area contributed by atoms with Crippen LogP contribution in [0.1, 0.15) is 25.7 Å². The number of aromatic nitrogens is 2. The minimum Gasteiger partial charge on any atom is -0.477 e. The molecule has 0 spiro atoms. The van der Waals surface area contributed by atoms with E-state index >= 15 is 0 Å². The first-order valence-electron chi connectivity index (χ1n) is 9.83. The number of likely N-dealkylation sites (tertiary alicyclic amines) is 2. The van der Waals surface area contributed by atoms with Crippen molar-refractivity contribution in [2.75, 3.05) is 40.0 Å². The number of rotatable bonds is 5. The van der Waals surface area contributed by atoms with Gasteiger partial charge in [0.2, 0.25) is 11.8 Å². The van der Waals surface area contributed by atoms with Crippen molar-refractivity contribution >= 4 is 11.8 Å². The molecule has 9 heteroatoms. The van der Waals surface area contributed by atoms with E-state index in [4.69, 9.17) is 14.2 Å². The zero-order valence-electron chi connectivity index (χ0n) is 16.1. The van der Waals surface area contributed by atoms with Crippen LogP contribution in [-0.4, -0.2) is 83.7 Å². The molecule has 3 aliphatic heterocycles. The molecule has 1 aromatic heterocycles. The van der Waals surface area contributed by atoms with Crippen LogP contribution in [-0.2, 0) is 14.3 Å². The molecule has 0 aromatic carbocycles. The maximum atomic E-state index is 13.0. The monoisotopic (exact) mass is 390 g/mol. The van der Waals surface area contributed by atoms with Crippen molar-refractivity contribution in [3.8, 4) is 11.8 Å². The number of amides is 2. The summed E-state index contributed by atoms with van der Waals surface area (Å²) in [5.74, 6) is 0.536. The minimum absolute atomic E-state index is 0.0418. The van der Waals surface area contributed by atoms with E-state index in [0.29, 0.717) is 51.0 Å². The van der Waals surface area contributed by atoms with Crippen molar-refractivity contribution in [1.29, 1.82) is 0 Å². The number of methoxy groups -OCH3 is 1. The molecular formula is C19H26N4O5. The van der Waals surface area contributed by atoms with Gasteiger partial charge in [0.25, 0.3) is 11.8 Å². The first-order chi connectivity index (χ1) is 13.7. The van der Waals surface area contributed by atoms with Crippen LogP contribution in [0.5, 0.6) is 11.8 Å². The standard InChI is InChI=1S/C19H26N4O5/c1-26-17-18(21-6-5-20-17)28-15-2-7-22(12-15)19(25)13-10-16(24)23(11-13)14-3-8-27-9-4-14/h5-6,13-15H,2-4,7-12H2,1H3/t13-,15-/m1/s1. The average molecular weight is 390 g/mol. The molecule has 28 heavy (non-hydrogen) atoms. The van der Waals surface area contributed by atoms with E-state index in [9.17, 15) is 9.59 Å². The fourth-order valence-electron chi connectivity index (χ4n) is 4.22. The van der Waals surface area contributed by atoms with Gasteiger partial charge in [0.1, 0.15) is 6.10 Å². The van der Waals surface area contributed by atoms with Gasteiger partial charge in [-0.25, -0.2) is 9.97 Å². The van der Waals surface area contributed by atoms with Gasteiger partial charge in [0.05, 0.1) is 19.6 Å². The zero-order valence-corrected chi connectivity index (χ0v) is 16.1.